The Hall–Kier alpha value is -2.58. The second-order valence-corrected chi connectivity index (χ2v) is 6.36. The quantitative estimate of drug-likeness (QED) is 0.513. The third kappa shape index (κ3) is 3.34. The van der Waals surface area contributed by atoms with Gasteiger partial charge in [-0.2, -0.15) is 10.1 Å². The molecule has 122 valence electrons. The monoisotopic (exact) mass is 360 g/mol. The summed E-state index contributed by atoms with van der Waals surface area (Å²) in [5, 5.41) is 14.8. The second kappa shape index (κ2) is 6.90. The Kier molecular flexibility index (Phi) is 4.68. The molecule has 0 bridgehead atoms. The maximum Gasteiger partial charge on any atom is 0.286 e. The minimum absolute atomic E-state index is 0.0326. The van der Waals surface area contributed by atoms with Gasteiger partial charge in [-0.05, 0) is 48.1 Å². The molecule has 2 aromatic rings. The first-order valence-corrected chi connectivity index (χ1v) is 8.03. The molecule has 6 nitrogen and oxygen atoms in total. The van der Waals surface area contributed by atoms with Crippen LogP contribution in [0.4, 0.5) is 0 Å². The second-order valence-electron chi connectivity index (χ2n) is 4.68. The maximum absolute atomic E-state index is 12.4. The molecular weight excluding hydrogens is 348 g/mol. The first-order chi connectivity index (χ1) is 11.6. The van der Waals surface area contributed by atoms with Crippen LogP contribution in [0.15, 0.2) is 51.0 Å². The standard InChI is InChI=1S/C16H12N2O4S2/c1-21-13-7-10(4-5-12(13)19)8-14-15(20)18(16(23)24-14)17-9-11-3-2-6-22-11/h2-9,19H,1H3/b14-8+,17-9+. The molecule has 8 heteroatoms. The van der Waals surface area contributed by atoms with Crippen LogP contribution in [0.5, 0.6) is 11.5 Å². The van der Waals surface area contributed by atoms with Crippen molar-refractivity contribution in [2.75, 3.05) is 7.11 Å². The van der Waals surface area contributed by atoms with E-state index in [1.54, 1.807) is 30.3 Å². The fourth-order valence-electron chi connectivity index (χ4n) is 1.97. The molecule has 2 heterocycles. The van der Waals surface area contributed by atoms with Crippen LogP contribution in [0.25, 0.3) is 6.08 Å². The van der Waals surface area contributed by atoms with Gasteiger partial charge >= 0.3 is 0 Å². The van der Waals surface area contributed by atoms with Gasteiger partial charge in [0.15, 0.2) is 15.8 Å². The van der Waals surface area contributed by atoms with Gasteiger partial charge in [0, 0.05) is 0 Å². The van der Waals surface area contributed by atoms with Crippen molar-refractivity contribution in [3.8, 4) is 11.5 Å². The maximum atomic E-state index is 12.4. The lowest BCUT2D eigenvalue weighted by Gasteiger charge is -2.05. The third-order valence-corrected chi connectivity index (χ3v) is 4.40. The number of methoxy groups -OCH3 is 1. The van der Waals surface area contributed by atoms with Crippen LogP contribution < -0.4 is 4.74 Å². The van der Waals surface area contributed by atoms with E-state index in [-0.39, 0.29) is 11.7 Å². The summed E-state index contributed by atoms with van der Waals surface area (Å²) in [6, 6.07) is 8.26. The summed E-state index contributed by atoms with van der Waals surface area (Å²) in [5.41, 5.74) is 0.708. The van der Waals surface area contributed by atoms with E-state index in [9.17, 15) is 9.90 Å². The number of aromatic hydroxyl groups is 1. The Labute approximate surface area is 147 Å². The highest BCUT2D eigenvalue weighted by Crippen LogP contribution is 2.34. The summed E-state index contributed by atoms with van der Waals surface area (Å²) in [4.78, 5) is 12.9. The zero-order valence-electron chi connectivity index (χ0n) is 12.5. The first kappa shape index (κ1) is 16.3. The highest BCUT2D eigenvalue weighted by Gasteiger charge is 2.32. The lowest BCUT2D eigenvalue weighted by atomic mass is 10.2. The van der Waals surface area contributed by atoms with Crippen LogP contribution in [-0.4, -0.2) is 33.7 Å². The molecule has 0 aliphatic carbocycles. The predicted molar refractivity (Wildman–Crippen MR) is 96.0 cm³/mol. The average molecular weight is 360 g/mol. The summed E-state index contributed by atoms with van der Waals surface area (Å²) < 4.78 is 10.5. The molecule has 1 aliphatic rings. The number of hydrogen-bond acceptors (Lipinski definition) is 7. The number of carbonyl (C=O) groups is 1. The fraction of sp³-hybridized carbons (Fsp3) is 0.0625. The minimum atomic E-state index is -0.320. The normalized spacial score (nSPS) is 16.5. The molecule has 1 saturated heterocycles. The summed E-state index contributed by atoms with van der Waals surface area (Å²) >= 11 is 6.35. The number of hydrazone groups is 1. The molecule has 0 spiro atoms. The van der Waals surface area contributed by atoms with Crippen LogP contribution >= 0.6 is 24.0 Å². The number of thiocarbonyl (C=S) groups is 1. The van der Waals surface area contributed by atoms with E-state index in [0.717, 1.165) is 16.8 Å². The molecule has 1 aliphatic heterocycles. The van der Waals surface area contributed by atoms with Crippen LogP contribution in [-0.2, 0) is 4.79 Å². The van der Waals surface area contributed by atoms with Crippen molar-refractivity contribution in [1.82, 2.24) is 5.01 Å². The van der Waals surface area contributed by atoms with Gasteiger partial charge in [0.05, 0.1) is 24.5 Å². The number of nitrogens with zero attached hydrogens (tertiary/aromatic N) is 2. The van der Waals surface area contributed by atoms with E-state index in [1.165, 1.54) is 25.7 Å². The Balaban J connectivity index is 1.83. The molecule has 0 atom stereocenters. The molecule has 3 rings (SSSR count). The predicted octanol–water partition coefficient (Wildman–Crippen LogP) is 3.23. The fourth-order valence-corrected chi connectivity index (χ4v) is 3.15. The van der Waals surface area contributed by atoms with Crippen molar-refractivity contribution in [3.05, 3.63) is 52.8 Å². The zero-order valence-corrected chi connectivity index (χ0v) is 14.1. The highest BCUT2D eigenvalue weighted by molar-refractivity contribution is 8.26. The van der Waals surface area contributed by atoms with Crippen molar-refractivity contribution in [1.29, 1.82) is 0 Å². The van der Waals surface area contributed by atoms with Crippen molar-refractivity contribution < 1.29 is 19.1 Å². The van der Waals surface area contributed by atoms with E-state index in [1.807, 2.05) is 0 Å². The third-order valence-electron chi connectivity index (χ3n) is 3.12. The molecule has 24 heavy (non-hydrogen) atoms. The summed E-state index contributed by atoms with van der Waals surface area (Å²) in [6.45, 7) is 0. The summed E-state index contributed by atoms with van der Waals surface area (Å²) in [6.07, 6.45) is 4.62. The molecule has 1 N–H and O–H groups in total. The lowest BCUT2D eigenvalue weighted by molar-refractivity contribution is -0.122. The van der Waals surface area contributed by atoms with Crippen molar-refractivity contribution >= 4 is 46.5 Å². The van der Waals surface area contributed by atoms with E-state index < -0.39 is 0 Å². The van der Waals surface area contributed by atoms with E-state index >= 15 is 0 Å². The van der Waals surface area contributed by atoms with Crippen molar-refractivity contribution in [2.45, 2.75) is 0 Å². The Bertz CT molecular complexity index is 844. The van der Waals surface area contributed by atoms with Crippen LogP contribution in [0.1, 0.15) is 11.3 Å². The highest BCUT2D eigenvalue weighted by atomic mass is 32.2. The van der Waals surface area contributed by atoms with Crippen LogP contribution in [0, 0.1) is 0 Å². The number of phenolic OH excluding ortho intramolecular Hbond substituents is 1. The first-order valence-electron chi connectivity index (χ1n) is 6.81. The Morgan fingerprint density at radius 3 is 2.96 bits per heavy atom. The average Bonchev–Trinajstić information content (AvgIpc) is 3.17. The van der Waals surface area contributed by atoms with Gasteiger partial charge in [0.1, 0.15) is 5.76 Å². The Morgan fingerprint density at radius 1 is 1.42 bits per heavy atom. The van der Waals surface area contributed by atoms with Gasteiger partial charge in [-0.3, -0.25) is 4.79 Å². The molecule has 0 radical (unpaired) electrons. The number of thioether (sulfide) groups is 1. The number of benzene rings is 1. The number of rotatable bonds is 4. The smallest absolute Gasteiger partial charge is 0.286 e. The molecule has 1 aromatic carbocycles. The number of furan rings is 1. The molecule has 1 aromatic heterocycles. The molecule has 1 fully saturated rings. The van der Waals surface area contributed by atoms with Gasteiger partial charge in [-0.15, -0.1) is 0 Å². The minimum Gasteiger partial charge on any atom is -0.504 e. The topological polar surface area (TPSA) is 75.3 Å². The number of ether oxygens (including phenoxy) is 1. The van der Waals surface area contributed by atoms with Crippen molar-refractivity contribution in [3.63, 3.8) is 0 Å². The summed E-state index contributed by atoms with van der Waals surface area (Å²) in [7, 11) is 1.46. The Morgan fingerprint density at radius 2 is 2.25 bits per heavy atom. The van der Waals surface area contributed by atoms with Gasteiger partial charge in [0.25, 0.3) is 5.91 Å². The van der Waals surface area contributed by atoms with Gasteiger partial charge in [-0.1, -0.05) is 17.8 Å². The lowest BCUT2D eigenvalue weighted by Crippen LogP contribution is -2.22. The summed E-state index contributed by atoms with van der Waals surface area (Å²) in [5.74, 6) is 0.566. The van der Waals surface area contributed by atoms with Gasteiger partial charge in [0.2, 0.25) is 0 Å². The number of amides is 1. The van der Waals surface area contributed by atoms with Gasteiger partial charge < -0.3 is 14.3 Å². The molecule has 0 saturated carbocycles. The van der Waals surface area contributed by atoms with Crippen LogP contribution in [0.3, 0.4) is 0 Å². The van der Waals surface area contributed by atoms with Crippen LogP contribution in [0.2, 0.25) is 0 Å². The number of phenols is 1. The SMILES string of the molecule is COc1cc(/C=C2/SC(=S)N(/N=C/c3ccco3)C2=O)ccc1O. The van der Waals surface area contributed by atoms with E-state index in [0.29, 0.717) is 26.3 Å². The zero-order chi connectivity index (χ0) is 17.1. The molecular formula is C16H12N2O4S2. The largest absolute Gasteiger partial charge is 0.504 e. The van der Waals surface area contributed by atoms with Crippen molar-refractivity contribution in [2.24, 2.45) is 5.10 Å². The number of carbonyl (C=O) groups excluding carboxylic acids is 1. The number of hydrogen-bond donors (Lipinski definition) is 1. The molecule has 0 unspecified atom stereocenters. The van der Waals surface area contributed by atoms with E-state index in [4.69, 9.17) is 21.4 Å². The molecule has 1 amide bonds. The van der Waals surface area contributed by atoms with E-state index in [2.05, 4.69) is 5.10 Å². The van der Waals surface area contributed by atoms with Gasteiger partial charge in [-0.25, -0.2) is 0 Å².